The average Bonchev–Trinajstić information content (AvgIpc) is 2.80. The fourth-order valence-corrected chi connectivity index (χ4v) is 4.15. The highest BCUT2D eigenvalue weighted by molar-refractivity contribution is 7.10. The third-order valence-corrected chi connectivity index (χ3v) is 5.67. The van der Waals surface area contributed by atoms with Crippen molar-refractivity contribution >= 4 is 11.3 Å². The largest absolute Gasteiger partial charge is 0.323 e. The van der Waals surface area contributed by atoms with Crippen LogP contribution < -0.4 is 5.73 Å². The first kappa shape index (κ1) is 13.1. The van der Waals surface area contributed by atoms with E-state index < -0.39 is 0 Å². The molecule has 0 aromatic carbocycles. The molecule has 0 saturated heterocycles. The molecule has 0 aliphatic heterocycles. The topological polar surface area (TPSA) is 26.0 Å². The molecule has 1 aliphatic carbocycles. The van der Waals surface area contributed by atoms with Gasteiger partial charge < -0.3 is 5.73 Å². The summed E-state index contributed by atoms with van der Waals surface area (Å²) >= 11 is 1.85. The zero-order valence-electron chi connectivity index (χ0n) is 11.3. The van der Waals surface area contributed by atoms with Gasteiger partial charge >= 0.3 is 0 Å². The quantitative estimate of drug-likeness (QED) is 0.847. The van der Waals surface area contributed by atoms with Crippen LogP contribution in [0, 0.1) is 17.8 Å². The van der Waals surface area contributed by atoms with Crippen molar-refractivity contribution in [3.05, 3.63) is 21.9 Å². The molecule has 1 aliphatic rings. The van der Waals surface area contributed by atoms with E-state index in [1.165, 1.54) is 29.7 Å². The lowest BCUT2D eigenvalue weighted by molar-refractivity contribution is 0.187. The molecule has 1 aromatic rings. The number of nitrogens with two attached hydrogens (primary N) is 1. The minimum Gasteiger partial charge on any atom is -0.323 e. The van der Waals surface area contributed by atoms with Crippen molar-refractivity contribution < 1.29 is 0 Å². The van der Waals surface area contributed by atoms with Gasteiger partial charge in [0.15, 0.2) is 0 Å². The van der Waals surface area contributed by atoms with Crippen LogP contribution in [0.1, 0.15) is 56.5 Å². The molecule has 1 saturated carbocycles. The summed E-state index contributed by atoms with van der Waals surface area (Å²) in [4.78, 5) is 1.44. The summed E-state index contributed by atoms with van der Waals surface area (Å²) in [6.07, 6.45) is 5.09. The Labute approximate surface area is 109 Å². The van der Waals surface area contributed by atoms with Gasteiger partial charge in [-0.15, -0.1) is 11.3 Å². The van der Waals surface area contributed by atoms with Crippen LogP contribution in [0.15, 0.2) is 11.4 Å². The molecule has 1 heterocycles. The minimum atomic E-state index is 0.278. The van der Waals surface area contributed by atoms with E-state index in [4.69, 9.17) is 5.73 Å². The third-order valence-electron chi connectivity index (χ3n) is 4.61. The Morgan fingerprint density at radius 3 is 2.76 bits per heavy atom. The van der Waals surface area contributed by atoms with Crippen LogP contribution in [0.4, 0.5) is 0 Å². The lowest BCUT2D eigenvalue weighted by Gasteiger charge is -2.35. The molecule has 4 unspecified atom stereocenters. The molecular formula is C15H25NS. The Kier molecular flexibility index (Phi) is 4.26. The zero-order valence-corrected chi connectivity index (χ0v) is 12.1. The van der Waals surface area contributed by atoms with Crippen LogP contribution in [0.5, 0.6) is 0 Å². The molecule has 1 aromatic heterocycles. The van der Waals surface area contributed by atoms with Gasteiger partial charge in [0.1, 0.15) is 0 Å². The molecule has 0 bridgehead atoms. The second-order valence-corrected chi connectivity index (χ2v) is 6.66. The first-order chi connectivity index (χ1) is 8.13. The van der Waals surface area contributed by atoms with Gasteiger partial charge in [0.05, 0.1) is 0 Å². The highest BCUT2D eigenvalue weighted by atomic mass is 32.1. The van der Waals surface area contributed by atoms with Crippen LogP contribution in [0.25, 0.3) is 0 Å². The van der Waals surface area contributed by atoms with E-state index in [2.05, 4.69) is 32.2 Å². The second kappa shape index (κ2) is 5.53. The first-order valence-corrected chi connectivity index (χ1v) is 7.83. The Morgan fingerprint density at radius 2 is 2.12 bits per heavy atom. The van der Waals surface area contributed by atoms with Crippen LogP contribution >= 0.6 is 11.3 Å². The average molecular weight is 251 g/mol. The summed E-state index contributed by atoms with van der Waals surface area (Å²) < 4.78 is 0. The molecule has 0 spiro atoms. The van der Waals surface area contributed by atoms with E-state index in [1.54, 1.807) is 0 Å². The van der Waals surface area contributed by atoms with Gasteiger partial charge in [0.25, 0.3) is 0 Å². The minimum absolute atomic E-state index is 0.278. The maximum absolute atomic E-state index is 6.51. The molecule has 1 nitrogen and oxygen atoms in total. The van der Waals surface area contributed by atoms with Crippen molar-refractivity contribution in [2.24, 2.45) is 23.5 Å². The van der Waals surface area contributed by atoms with Gasteiger partial charge in [0, 0.05) is 10.9 Å². The Morgan fingerprint density at radius 1 is 1.35 bits per heavy atom. The molecule has 17 heavy (non-hydrogen) atoms. The number of aryl methyl sites for hydroxylation is 1. The lowest BCUT2D eigenvalue weighted by Crippen LogP contribution is -2.29. The number of rotatable bonds is 3. The summed E-state index contributed by atoms with van der Waals surface area (Å²) in [5, 5.41) is 2.20. The van der Waals surface area contributed by atoms with Crippen molar-refractivity contribution in [1.29, 1.82) is 0 Å². The first-order valence-electron chi connectivity index (χ1n) is 6.95. The molecule has 0 amide bonds. The highest BCUT2D eigenvalue weighted by Crippen LogP contribution is 2.40. The Balaban J connectivity index is 2.07. The third kappa shape index (κ3) is 2.74. The van der Waals surface area contributed by atoms with E-state index in [0.29, 0.717) is 5.92 Å². The van der Waals surface area contributed by atoms with E-state index >= 15 is 0 Å². The standard InChI is InChI=1S/C15H25NS/c1-4-12-7-8-17-15(12)14(16)13-6-5-10(2)11(3)9-13/h7-8,10-11,13-14H,4-6,9,16H2,1-3H3. The van der Waals surface area contributed by atoms with Crippen molar-refractivity contribution in [1.82, 2.24) is 0 Å². The van der Waals surface area contributed by atoms with E-state index in [9.17, 15) is 0 Å². The molecule has 96 valence electrons. The molecule has 2 rings (SSSR count). The molecule has 0 radical (unpaired) electrons. The summed E-state index contributed by atoms with van der Waals surface area (Å²) in [5.74, 6) is 2.42. The van der Waals surface area contributed by atoms with E-state index in [0.717, 1.165) is 18.3 Å². The normalized spacial score (nSPS) is 31.4. The summed E-state index contributed by atoms with van der Waals surface area (Å²) in [7, 11) is 0. The second-order valence-electron chi connectivity index (χ2n) is 5.72. The lowest BCUT2D eigenvalue weighted by atomic mass is 9.73. The van der Waals surface area contributed by atoms with Crippen molar-refractivity contribution in [3.8, 4) is 0 Å². The Bertz CT molecular complexity index is 358. The molecule has 2 heteroatoms. The van der Waals surface area contributed by atoms with Gasteiger partial charge in [0.2, 0.25) is 0 Å². The smallest absolute Gasteiger partial charge is 0.0421 e. The summed E-state index contributed by atoms with van der Waals surface area (Å²) in [5.41, 5.74) is 7.98. The monoisotopic (exact) mass is 251 g/mol. The molecule has 1 fully saturated rings. The van der Waals surface area contributed by atoms with Gasteiger partial charge in [-0.2, -0.15) is 0 Å². The van der Waals surface area contributed by atoms with Gasteiger partial charge in [-0.25, -0.2) is 0 Å². The van der Waals surface area contributed by atoms with Gasteiger partial charge in [-0.1, -0.05) is 27.2 Å². The van der Waals surface area contributed by atoms with Crippen molar-refractivity contribution in [3.63, 3.8) is 0 Å². The summed E-state index contributed by atoms with van der Waals surface area (Å²) in [6.45, 7) is 7.00. The maximum atomic E-state index is 6.51. The van der Waals surface area contributed by atoms with Crippen LogP contribution in [0.2, 0.25) is 0 Å². The van der Waals surface area contributed by atoms with Crippen LogP contribution in [-0.4, -0.2) is 0 Å². The van der Waals surface area contributed by atoms with Crippen molar-refractivity contribution in [2.45, 2.75) is 52.5 Å². The highest BCUT2D eigenvalue weighted by Gasteiger charge is 2.30. The molecule has 4 atom stereocenters. The zero-order chi connectivity index (χ0) is 12.4. The van der Waals surface area contributed by atoms with E-state index in [-0.39, 0.29) is 6.04 Å². The Hall–Kier alpha value is -0.340. The fraction of sp³-hybridized carbons (Fsp3) is 0.733. The van der Waals surface area contributed by atoms with Gasteiger partial charge in [-0.3, -0.25) is 0 Å². The number of hydrogen-bond donors (Lipinski definition) is 1. The predicted molar refractivity (Wildman–Crippen MR) is 76.3 cm³/mol. The summed E-state index contributed by atoms with van der Waals surface area (Å²) in [6, 6.07) is 2.52. The molecular weight excluding hydrogens is 226 g/mol. The van der Waals surface area contributed by atoms with E-state index in [1.807, 2.05) is 11.3 Å². The number of hydrogen-bond acceptors (Lipinski definition) is 2. The predicted octanol–water partition coefficient (Wildman–Crippen LogP) is 4.38. The van der Waals surface area contributed by atoms with Crippen LogP contribution in [0.3, 0.4) is 0 Å². The van der Waals surface area contributed by atoms with Gasteiger partial charge in [-0.05, 0) is 54.0 Å². The fourth-order valence-electron chi connectivity index (χ4n) is 3.06. The number of thiophene rings is 1. The molecule has 2 N–H and O–H groups in total. The van der Waals surface area contributed by atoms with Crippen LogP contribution in [-0.2, 0) is 6.42 Å². The SMILES string of the molecule is CCc1ccsc1C(N)C1CCC(C)C(C)C1. The maximum Gasteiger partial charge on any atom is 0.0421 e. The van der Waals surface area contributed by atoms with Crippen molar-refractivity contribution in [2.75, 3.05) is 0 Å².